The number of nitrogens with two attached hydrogens (primary N) is 1. The summed E-state index contributed by atoms with van der Waals surface area (Å²) < 4.78 is 0. The van der Waals surface area contributed by atoms with Gasteiger partial charge in [-0.3, -0.25) is 0 Å². The van der Waals surface area contributed by atoms with Crippen LogP contribution < -0.4 is 11.2 Å². The highest BCUT2D eigenvalue weighted by Gasteiger charge is 1.97. The van der Waals surface area contributed by atoms with Gasteiger partial charge in [-0.1, -0.05) is 0 Å². The first-order valence-corrected chi connectivity index (χ1v) is 2.56. The molecule has 50 valence electrons. The largest absolute Gasteiger partial charge is 0.392 e. The average Bonchev–Trinajstić information content (AvgIpc) is 1.83. The van der Waals surface area contributed by atoms with Gasteiger partial charge in [-0.2, -0.15) is 0 Å². The molecule has 0 aliphatic heterocycles. The van der Waals surface area contributed by atoms with Gasteiger partial charge in [0.25, 0.3) is 0 Å². The van der Waals surface area contributed by atoms with E-state index in [9.17, 15) is 0 Å². The SMILES string of the molecule is NC[C@@H](O)CCNO. The molecular formula is C4H12N2O2. The molecule has 4 heteroatoms. The Morgan fingerprint density at radius 2 is 2.25 bits per heavy atom. The van der Waals surface area contributed by atoms with Crippen molar-refractivity contribution in [1.29, 1.82) is 0 Å². The van der Waals surface area contributed by atoms with E-state index in [-0.39, 0.29) is 6.54 Å². The second kappa shape index (κ2) is 4.99. The topological polar surface area (TPSA) is 78.5 Å². The Bertz CT molecular complexity index is 51.3. The van der Waals surface area contributed by atoms with Crippen LogP contribution in [0.5, 0.6) is 0 Å². The first-order chi connectivity index (χ1) is 3.81. The Morgan fingerprint density at radius 1 is 1.62 bits per heavy atom. The normalized spacial score (nSPS) is 13.9. The molecule has 0 rings (SSSR count). The van der Waals surface area contributed by atoms with Crippen molar-refractivity contribution in [3.8, 4) is 0 Å². The number of aliphatic hydroxyl groups excluding tert-OH is 1. The van der Waals surface area contributed by atoms with E-state index in [4.69, 9.17) is 16.0 Å². The Labute approximate surface area is 48.3 Å². The van der Waals surface area contributed by atoms with Crippen molar-refractivity contribution >= 4 is 0 Å². The molecule has 4 nitrogen and oxygen atoms in total. The molecule has 5 N–H and O–H groups in total. The first-order valence-electron chi connectivity index (χ1n) is 2.56. The van der Waals surface area contributed by atoms with Crippen LogP contribution in [0.1, 0.15) is 6.42 Å². The minimum atomic E-state index is -0.491. The zero-order valence-corrected chi connectivity index (χ0v) is 4.67. The van der Waals surface area contributed by atoms with E-state index in [1.165, 1.54) is 0 Å². The number of hydroxylamine groups is 1. The van der Waals surface area contributed by atoms with Crippen molar-refractivity contribution in [3.63, 3.8) is 0 Å². The fourth-order valence-electron chi connectivity index (χ4n) is 0.349. The second-order valence-corrected chi connectivity index (χ2v) is 1.59. The third kappa shape index (κ3) is 4.01. The lowest BCUT2D eigenvalue weighted by atomic mass is 10.2. The van der Waals surface area contributed by atoms with Gasteiger partial charge in [-0.15, -0.1) is 0 Å². The van der Waals surface area contributed by atoms with E-state index < -0.39 is 6.10 Å². The highest BCUT2D eigenvalue weighted by Crippen LogP contribution is 1.83. The monoisotopic (exact) mass is 120 g/mol. The summed E-state index contributed by atoms with van der Waals surface area (Å²) in [6, 6.07) is 0. The molecule has 0 aliphatic carbocycles. The van der Waals surface area contributed by atoms with Crippen molar-refractivity contribution in [1.82, 2.24) is 5.48 Å². The fourth-order valence-corrected chi connectivity index (χ4v) is 0.349. The minimum Gasteiger partial charge on any atom is -0.392 e. The molecule has 0 heterocycles. The van der Waals surface area contributed by atoms with Crippen LogP contribution in [0, 0.1) is 0 Å². The van der Waals surface area contributed by atoms with Gasteiger partial charge in [-0.05, 0) is 6.42 Å². The summed E-state index contributed by atoms with van der Waals surface area (Å²) in [6.07, 6.45) is 0.00199. The average molecular weight is 120 g/mol. The fraction of sp³-hybridized carbons (Fsp3) is 1.00. The van der Waals surface area contributed by atoms with Crippen LogP contribution in [-0.4, -0.2) is 29.5 Å². The molecule has 0 radical (unpaired) electrons. The summed E-state index contributed by atoms with van der Waals surface area (Å²) in [7, 11) is 0. The van der Waals surface area contributed by atoms with Crippen LogP contribution >= 0.6 is 0 Å². The zero-order chi connectivity index (χ0) is 6.41. The van der Waals surface area contributed by atoms with Gasteiger partial charge in [0.2, 0.25) is 0 Å². The Balaban J connectivity index is 2.86. The molecule has 0 unspecified atom stereocenters. The molecule has 0 spiro atoms. The quantitative estimate of drug-likeness (QED) is 0.347. The molecule has 0 aliphatic rings. The molecule has 0 fully saturated rings. The maximum atomic E-state index is 8.71. The van der Waals surface area contributed by atoms with Gasteiger partial charge in [0.1, 0.15) is 0 Å². The molecule has 0 aromatic carbocycles. The van der Waals surface area contributed by atoms with Crippen LogP contribution in [0.4, 0.5) is 0 Å². The number of nitrogens with one attached hydrogen (secondary N) is 1. The standard InChI is InChI=1S/C4H12N2O2/c5-3-4(7)1-2-6-8/h4,6-8H,1-3,5H2/t4-/m0/s1. The predicted molar refractivity (Wildman–Crippen MR) is 29.5 cm³/mol. The molecule has 0 bridgehead atoms. The molecule has 0 saturated carbocycles. The molecule has 8 heavy (non-hydrogen) atoms. The van der Waals surface area contributed by atoms with E-state index in [1.54, 1.807) is 0 Å². The van der Waals surface area contributed by atoms with Gasteiger partial charge >= 0.3 is 0 Å². The zero-order valence-electron chi connectivity index (χ0n) is 4.67. The first kappa shape index (κ1) is 7.84. The third-order valence-electron chi connectivity index (χ3n) is 0.861. The smallest absolute Gasteiger partial charge is 0.0675 e. The highest BCUT2D eigenvalue weighted by atomic mass is 16.5. The maximum absolute atomic E-state index is 8.71. The van der Waals surface area contributed by atoms with Gasteiger partial charge in [0.05, 0.1) is 6.10 Å². The summed E-state index contributed by atoms with van der Waals surface area (Å²) in [6.45, 7) is 0.639. The molecule has 0 aromatic heterocycles. The molecule has 0 saturated heterocycles. The lowest BCUT2D eigenvalue weighted by molar-refractivity contribution is 0.124. The second-order valence-electron chi connectivity index (χ2n) is 1.59. The van der Waals surface area contributed by atoms with Crippen LogP contribution in [0.3, 0.4) is 0 Å². The number of rotatable bonds is 4. The van der Waals surface area contributed by atoms with E-state index in [0.29, 0.717) is 13.0 Å². The lowest BCUT2D eigenvalue weighted by Crippen LogP contribution is -2.24. The molecule has 0 amide bonds. The highest BCUT2D eigenvalue weighted by molar-refractivity contribution is 4.54. The lowest BCUT2D eigenvalue weighted by Gasteiger charge is -2.03. The molecule has 1 atom stereocenters. The Kier molecular flexibility index (Phi) is 4.89. The summed E-state index contributed by atoms with van der Waals surface area (Å²) in [5.74, 6) is 0. The third-order valence-corrected chi connectivity index (χ3v) is 0.861. The van der Waals surface area contributed by atoms with Crippen LogP contribution in [0.15, 0.2) is 0 Å². The van der Waals surface area contributed by atoms with Gasteiger partial charge < -0.3 is 16.0 Å². The van der Waals surface area contributed by atoms with Gasteiger partial charge in [-0.25, -0.2) is 5.48 Å². The van der Waals surface area contributed by atoms with Gasteiger partial charge in [0.15, 0.2) is 0 Å². The van der Waals surface area contributed by atoms with Crippen molar-refractivity contribution in [2.75, 3.05) is 13.1 Å². The molecular weight excluding hydrogens is 108 g/mol. The van der Waals surface area contributed by atoms with E-state index in [0.717, 1.165) is 0 Å². The van der Waals surface area contributed by atoms with Crippen LogP contribution in [-0.2, 0) is 0 Å². The number of aliphatic hydroxyl groups is 1. The van der Waals surface area contributed by atoms with Gasteiger partial charge in [0, 0.05) is 13.1 Å². The Morgan fingerprint density at radius 3 is 2.62 bits per heavy atom. The Hall–Kier alpha value is -0.160. The van der Waals surface area contributed by atoms with Crippen LogP contribution in [0.2, 0.25) is 0 Å². The number of hydrogen-bond acceptors (Lipinski definition) is 4. The van der Waals surface area contributed by atoms with Crippen molar-refractivity contribution in [2.24, 2.45) is 5.73 Å². The van der Waals surface area contributed by atoms with Crippen molar-refractivity contribution in [3.05, 3.63) is 0 Å². The van der Waals surface area contributed by atoms with E-state index in [1.807, 2.05) is 5.48 Å². The molecule has 0 aromatic rings. The summed E-state index contributed by atoms with van der Waals surface area (Å²) in [5.41, 5.74) is 6.97. The van der Waals surface area contributed by atoms with E-state index >= 15 is 0 Å². The summed E-state index contributed by atoms with van der Waals surface area (Å²) in [4.78, 5) is 0. The minimum absolute atomic E-state index is 0.252. The van der Waals surface area contributed by atoms with Crippen molar-refractivity contribution in [2.45, 2.75) is 12.5 Å². The maximum Gasteiger partial charge on any atom is 0.0675 e. The van der Waals surface area contributed by atoms with Crippen molar-refractivity contribution < 1.29 is 10.3 Å². The van der Waals surface area contributed by atoms with Crippen LogP contribution in [0.25, 0.3) is 0 Å². The predicted octanol–water partition coefficient (Wildman–Crippen LogP) is -1.33. The summed E-state index contributed by atoms with van der Waals surface area (Å²) in [5, 5.41) is 16.7. The summed E-state index contributed by atoms with van der Waals surface area (Å²) >= 11 is 0. The number of hydrogen-bond donors (Lipinski definition) is 4. The van der Waals surface area contributed by atoms with E-state index in [2.05, 4.69) is 0 Å².